The number of hydrogen-bond donors (Lipinski definition) is 5. The van der Waals surface area contributed by atoms with E-state index in [0.717, 1.165) is 0 Å². The number of imidazole rings is 2. The van der Waals surface area contributed by atoms with Crippen molar-refractivity contribution < 1.29 is 19.4 Å². The first kappa shape index (κ1) is 28.8. The standard InChI is InChI=1S/C19H33N5O4Si.C5H5N5/c1-10(2)29(11(3)4,12(5)6)27-7-13-15(25)16(26)19(28-13)24-9-23-14-17(20)21-8-22-18(14)24;6-4-3-5(9-1-7-3)10-2-8-4/h8-13,15-16,19,25-26H,7H2,1-6H3,(H2,20,21,22);1-2H,(H3,6,7,8,9,10)/t13-,15-,16+,19-;/m1./s1. The maximum absolute atomic E-state index is 10.6. The maximum Gasteiger partial charge on any atom is 0.200 e. The molecule has 0 amide bonds. The lowest BCUT2D eigenvalue weighted by molar-refractivity contribution is -0.0495. The molecule has 1 saturated heterocycles. The lowest BCUT2D eigenvalue weighted by Crippen LogP contribution is -2.50. The van der Waals surface area contributed by atoms with Crippen LogP contribution in [0.15, 0.2) is 25.3 Å². The number of rotatable bonds is 7. The van der Waals surface area contributed by atoms with Crippen molar-refractivity contribution >= 4 is 42.3 Å². The lowest BCUT2D eigenvalue weighted by Gasteiger charge is -2.42. The first-order valence-corrected chi connectivity index (χ1v) is 15.1. The van der Waals surface area contributed by atoms with Crippen LogP contribution in [0, 0.1) is 0 Å². The van der Waals surface area contributed by atoms with Crippen molar-refractivity contribution in [1.29, 1.82) is 0 Å². The number of nitrogen functional groups attached to an aromatic ring is 2. The molecule has 0 unspecified atom stereocenters. The largest absolute Gasteiger partial charge is 0.413 e. The molecule has 0 radical (unpaired) electrons. The first-order chi connectivity index (χ1) is 18.5. The number of nitrogens with zero attached hydrogens (tertiary/aromatic N) is 7. The number of nitrogens with one attached hydrogen (secondary N) is 1. The molecule has 0 aromatic carbocycles. The monoisotopic (exact) mass is 558 g/mol. The summed E-state index contributed by atoms with van der Waals surface area (Å²) in [5.41, 5.74) is 14.8. The molecule has 14 nitrogen and oxygen atoms in total. The predicted molar refractivity (Wildman–Crippen MR) is 149 cm³/mol. The Morgan fingerprint density at radius 2 is 1.56 bits per heavy atom. The van der Waals surface area contributed by atoms with E-state index >= 15 is 0 Å². The van der Waals surface area contributed by atoms with E-state index in [0.29, 0.717) is 44.8 Å². The SMILES string of the molecule is CC(C)[Si](OC[C@H]1O[C@@H](n2cnc3c(N)ncnc32)[C@@H](O)[C@@H]1O)(C(C)C)C(C)C.Nc1ncnc2nc[nH]c12. The number of aromatic amines is 1. The molecule has 4 aromatic heterocycles. The molecule has 1 aliphatic rings. The summed E-state index contributed by atoms with van der Waals surface area (Å²) in [4.78, 5) is 26.7. The van der Waals surface area contributed by atoms with Gasteiger partial charge in [0.25, 0.3) is 0 Å². The Morgan fingerprint density at radius 3 is 2.21 bits per heavy atom. The molecule has 4 aromatic rings. The maximum atomic E-state index is 10.6. The van der Waals surface area contributed by atoms with Crippen molar-refractivity contribution in [3.05, 3.63) is 25.3 Å². The van der Waals surface area contributed by atoms with Crippen molar-refractivity contribution in [2.24, 2.45) is 0 Å². The van der Waals surface area contributed by atoms with E-state index in [1.165, 1.54) is 25.3 Å². The van der Waals surface area contributed by atoms with Gasteiger partial charge in [-0.15, -0.1) is 0 Å². The molecular weight excluding hydrogens is 520 g/mol. The Labute approximate surface area is 227 Å². The number of ether oxygens (including phenoxy) is 1. The molecular formula is C24H38N10O4Si. The van der Waals surface area contributed by atoms with Gasteiger partial charge in [-0.1, -0.05) is 41.5 Å². The fraction of sp³-hybridized carbons (Fsp3) is 0.583. The van der Waals surface area contributed by atoms with Gasteiger partial charge in [0, 0.05) is 0 Å². The second-order valence-corrected chi connectivity index (χ2v) is 16.1. The number of nitrogens with two attached hydrogens (primary N) is 2. The molecule has 4 atom stereocenters. The summed E-state index contributed by atoms with van der Waals surface area (Å²) < 4.78 is 14.2. The zero-order chi connectivity index (χ0) is 28.5. The zero-order valence-electron chi connectivity index (χ0n) is 23.1. The molecule has 15 heteroatoms. The van der Waals surface area contributed by atoms with Crippen LogP contribution >= 0.6 is 0 Å². The van der Waals surface area contributed by atoms with Gasteiger partial charge < -0.3 is 35.8 Å². The molecule has 0 bridgehead atoms. The van der Waals surface area contributed by atoms with Crippen LogP contribution < -0.4 is 11.5 Å². The molecule has 7 N–H and O–H groups in total. The highest BCUT2D eigenvalue weighted by molar-refractivity contribution is 6.77. The number of aliphatic hydroxyl groups is 2. The van der Waals surface area contributed by atoms with Crippen LogP contribution in [0.2, 0.25) is 16.6 Å². The Morgan fingerprint density at radius 1 is 0.923 bits per heavy atom. The van der Waals surface area contributed by atoms with E-state index in [-0.39, 0.29) is 12.4 Å². The minimum atomic E-state index is -2.12. The summed E-state index contributed by atoms with van der Waals surface area (Å²) in [6.45, 7) is 13.5. The molecule has 0 spiro atoms. The summed E-state index contributed by atoms with van der Waals surface area (Å²) in [5.74, 6) is 0.686. The molecule has 212 valence electrons. The number of aliphatic hydroxyl groups excluding tert-OH is 2. The normalized spacial score (nSPS) is 21.8. The van der Waals surface area contributed by atoms with Crippen LogP contribution in [0.4, 0.5) is 11.6 Å². The van der Waals surface area contributed by atoms with Crippen molar-refractivity contribution in [2.45, 2.75) is 82.7 Å². The Balaban J connectivity index is 0.000000292. The van der Waals surface area contributed by atoms with E-state index in [2.05, 4.69) is 76.4 Å². The number of hydrogen-bond acceptors (Lipinski definition) is 12. The highest BCUT2D eigenvalue weighted by atomic mass is 28.4. The van der Waals surface area contributed by atoms with Gasteiger partial charge in [0.2, 0.25) is 0 Å². The van der Waals surface area contributed by atoms with Crippen LogP contribution in [0.25, 0.3) is 22.3 Å². The third kappa shape index (κ3) is 5.32. The molecule has 39 heavy (non-hydrogen) atoms. The average Bonchev–Trinajstić information content (AvgIpc) is 3.60. The number of fused-ring (bicyclic) bond motifs is 2. The van der Waals surface area contributed by atoms with E-state index in [1.54, 1.807) is 4.57 Å². The fourth-order valence-corrected chi connectivity index (χ4v) is 11.1. The lowest BCUT2D eigenvalue weighted by atomic mass is 10.1. The highest BCUT2D eigenvalue weighted by Gasteiger charge is 2.49. The second-order valence-electron chi connectivity index (χ2n) is 10.6. The van der Waals surface area contributed by atoms with Gasteiger partial charge in [-0.3, -0.25) is 4.57 Å². The Hall–Kier alpha value is -3.24. The second kappa shape index (κ2) is 11.5. The van der Waals surface area contributed by atoms with Crippen molar-refractivity contribution in [1.82, 2.24) is 39.5 Å². The van der Waals surface area contributed by atoms with Crippen molar-refractivity contribution in [3.63, 3.8) is 0 Å². The average molecular weight is 559 g/mol. The molecule has 5 rings (SSSR count). The summed E-state index contributed by atoms with van der Waals surface area (Å²) in [6, 6.07) is 0. The highest BCUT2D eigenvalue weighted by Crippen LogP contribution is 2.43. The number of anilines is 2. The smallest absolute Gasteiger partial charge is 0.200 e. The van der Waals surface area contributed by atoms with E-state index in [9.17, 15) is 10.2 Å². The fourth-order valence-electron chi connectivity index (χ4n) is 5.66. The zero-order valence-corrected chi connectivity index (χ0v) is 24.1. The Kier molecular flexibility index (Phi) is 8.46. The number of aromatic nitrogens is 8. The van der Waals surface area contributed by atoms with Gasteiger partial charge in [0.1, 0.15) is 42.0 Å². The molecule has 1 aliphatic heterocycles. The van der Waals surface area contributed by atoms with E-state index in [4.69, 9.17) is 20.6 Å². The van der Waals surface area contributed by atoms with E-state index in [1.807, 2.05) is 0 Å². The summed E-state index contributed by atoms with van der Waals surface area (Å²) >= 11 is 0. The van der Waals surface area contributed by atoms with Gasteiger partial charge in [0.05, 0.1) is 19.3 Å². The van der Waals surface area contributed by atoms with E-state index < -0.39 is 32.9 Å². The summed E-state index contributed by atoms with van der Waals surface area (Å²) in [5, 5.41) is 21.3. The number of H-pyrrole nitrogens is 1. The topological polar surface area (TPSA) is 209 Å². The first-order valence-electron chi connectivity index (χ1n) is 13.0. The Bertz CT molecular complexity index is 1370. The van der Waals surface area contributed by atoms with Gasteiger partial charge >= 0.3 is 0 Å². The van der Waals surface area contributed by atoms with Crippen molar-refractivity contribution in [3.8, 4) is 0 Å². The quantitative estimate of drug-likeness (QED) is 0.207. The minimum absolute atomic E-state index is 0.235. The van der Waals surface area contributed by atoms with Gasteiger partial charge in [-0.05, 0) is 16.6 Å². The third-order valence-corrected chi connectivity index (χ3v) is 13.5. The molecule has 0 aliphatic carbocycles. The van der Waals surface area contributed by atoms with Gasteiger partial charge in [-0.2, -0.15) is 0 Å². The minimum Gasteiger partial charge on any atom is -0.413 e. The van der Waals surface area contributed by atoms with Gasteiger partial charge in [0.15, 0.2) is 37.5 Å². The predicted octanol–water partition coefficient (Wildman–Crippen LogP) is 2.15. The summed E-state index contributed by atoms with van der Waals surface area (Å²) in [7, 11) is -2.12. The molecule has 0 saturated carbocycles. The van der Waals surface area contributed by atoms with Crippen LogP contribution in [0.1, 0.15) is 47.8 Å². The molecule has 1 fully saturated rings. The van der Waals surface area contributed by atoms with Gasteiger partial charge in [-0.25, -0.2) is 29.9 Å². The molecule has 5 heterocycles. The van der Waals surface area contributed by atoms with Crippen molar-refractivity contribution in [2.75, 3.05) is 18.1 Å². The van der Waals surface area contributed by atoms with Crippen LogP contribution in [0.3, 0.4) is 0 Å². The third-order valence-electron chi connectivity index (χ3n) is 7.46. The van der Waals surface area contributed by atoms with Crippen LogP contribution in [-0.4, -0.2) is 82.9 Å². The summed E-state index contributed by atoms with van der Waals surface area (Å²) in [6.07, 6.45) is 2.08. The van der Waals surface area contributed by atoms with Crippen LogP contribution in [-0.2, 0) is 9.16 Å². The van der Waals surface area contributed by atoms with Crippen LogP contribution in [0.5, 0.6) is 0 Å².